The number of sulfonamides is 1. The Morgan fingerprint density at radius 2 is 1.85 bits per heavy atom. The van der Waals surface area contributed by atoms with Crippen LogP contribution in [-0.4, -0.2) is 63.9 Å². The maximum atomic E-state index is 13.1. The summed E-state index contributed by atoms with van der Waals surface area (Å²) in [5.41, 5.74) is 4.11. The number of benzene rings is 1. The van der Waals surface area contributed by atoms with E-state index in [9.17, 15) is 8.42 Å². The summed E-state index contributed by atoms with van der Waals surface area (Å²) in [4.78, 5) is 2.41. The Balaban J connectivity index is 1.49. The van der Waals surface area contributed by atoms with Crippen molar-refractivity contribution in [1.82, 2.24) is 29.3 Å². The monoisotopic (exact) mass is 390 g/mol. The van der Waals surface area contributed by atoms with Crippen LogP contribution in [0.2, 0.25) is 0 Å². The smallest absolute Gasteiger partial charge is 0.245 e. The van der Waals surface area contributed by atoms with Crippen molar-refractivity contribution in [3.05, 3.63) is 35.2 Å². The summed E-state index contributed by atoms with van der Waals surface area (Å²) in [6.07, 6.45) is 0. The fourth-order valence-corrected chi connectivity index (χ4v) is 5.09. The van der Waals surface area contributed by atoms with E-state index in [-0.39, 0.29) is 10.4 Å². The van der Waals surface area contributed by atoms with Crippen LogP contribution in [0, 0.1) is 13.8 Å². The molecule has 1 aliphatic heterocycles. The van der Waals surface area contributed by atoms with Gasteiger partial charge in [-0.1, -0.05) is 6.07 Å². The third kappa shape index (κ3) is 3.13. The second-order valence-corrected chi connectivity index (χ2v) is 8.75. The minimum Gasteiger partial charge on any atom is -0.296 e. The van der Waals surface area contributed by atoms with E-state index < -0.39 is 10.0 Å². The molecule has 1 saturated heterocycles. The molecule has 0 atom stereocenters. The van der Waals surface area contributed by atoms with Gasteiger partial charge in [0.05, 0.1) is 5.69 Å². The lowest BCUT2D eigenvalue weighted by molar-refractivity contribution is 0.181. The number of hydrogen-bond acceptors (Lipinski definition) is 7. The van der Waals surface area contributed by atoms with E-state index in [1.807, 2.05) is 18.7 Å². The average Bonchev–Trinajstić information content (AvgIpc) is 3.22. The highest BCUT2D eigenvalue weighted by molar-refractivity contribution is 7.89. The quantitative estimate of drug-likeness (QED) is 0.657. The van der Waals surface area contributed by atoms with Crippen molar-refractivity contribution in [1.29, 1.82) is 0 Å². The van der Waals surface area contributed by atoms with Crippen molar-refractivity contribution in [2.24, 2.45) is 7.05 Å². The van der Waals surface area contributed by atoms with E-state index >= 15 is 0 Å². The molecule has 2 aromatic heterocycles. The van der Waals surface area contributed by atoms with Gasteiger partial charge in [0.15, 0.2) is 5.52 Å². The zero-order chi connectivity index (χ0) is 19.2. The molecule has 4 rings (SSSR count). The van der Waals surface area contributed by atoms with E-state index in [1.54, 1.807) is 18.2 Å². The highest BCUT2D eigenvalue weighted by Crippen LogP contribution is 2.25. The molecule has 1 fully saturated rings. The lowest BCUT2D eigenvalue weighted by Gasteiger charge is -2.34. The van der Waals surface area contributed by atoms with E-state index in [1.165, 1.54) is 9.87 Å². The first kappa shape index (κ1) is 18.1. The van der Waals surface area contributed by atoms with Crippen molar-refractivity contribution >= 4 is 21.1 Å². The van der Waals surface area contributed by atoms with Crippen LogP contribution in [0.15, 0.2) is 27.7 Å². The summed E-state index contributed by atoms with van der Waals surface area (Å²) in [6.45, 7) is 7.05. The molecular formula is C17H22N6O3S. The zero-order valence-corrected chi connectivity index (χ0v) is 16.4. The number of hydrogen-bond donors (Lipinski definition) is 0. The van der Waals surface area contributed by atoms with Crippen molar-refractivity contribution in [2.45, 2.75) is 25.3 Å². The van der Waals surface area contributed by atoms with Gasteiger partial charge in [-0.15, -0.1) is 0 Å². The summed E-state index contributed by atoms with van der Waals surface area (Å²) in [7, 11) is -1.70. The summed E-state index contributed by atoms with van der Waals surface area (Å²) < 4.78 is 34.2. The number of piperazine rings is 1. The molecular weight excluding hydrogens is 368 g/mol. The van der Waals surface area contributed by atoms with Gasteiger partial charge >= 0.3 is 0 Å². The number of rotatable bonds is 4. The molecule has 3 aromatic rings. The Labute approximate surface area is 157 Å². The number of nitrogens with zero attached hydrogens (tertiary/aromatic N) is 6. The summed E-state index contributed by atoms with van der Waals surface area (Å²) in [5.74, 6) is 0. The molecule has 0 spiro atoms. The topological polar surface area (TPSA) is 97.4 Å². The Morgan fingerprint density at radius 3 is 2.52 bits per heavy atom. The third-order valence-corrected chi connectivity index (χ3v) is 7.17. The van der Waals surface area contributed by atoms with Gasteiger partial charge in [-0.05, 0) is 36.3 Å². The van der Waals surface area contributed by atoms with Crippen molar-refractivity contribution in [2.75, 3.05) is 26.2 Å². The van der Waals surface area contributed by atoms with Crippen molar-refractivity contribution in [3.8, 4) is 0 Å². The second-order valence-electron chi connectivity index (χ2n) is 6.84. The predicted molar refractivity (Wildman–Crippen MR) is 98.5 cm³/mol. The summed E-state index contributed by atoms with van der Waals surface area (Å²) in [5, 5.41) is 11.9. The van der Waals surface area contributed by atoms with Crippen molar-refractivity contribution in [3.63, 3.8) is 0 Å². The first-order valence-corrected chi connectivity index (χ1v) is 10.2. The van der Waals surface area contributed by atoms with Crippen LogP contribution in [0.3, 0.4) is 0 Å². The lowest BCUT2D eigenvalue weighted by atomic mass is 10.1. The largest absolute Gasteiger partial charge is 0.296 e. The van der Waals surface area contributed by atoms with Crippen LogP contribution >= 0.6 is 0 Å². The minimum absolute atomic E-state index is 0.147. The van der Waals surface area contributed by atoms with Gasteiger partial charge in [0.1, 0.15) is 10.4 Å². The Morgan fingerprint density at radius 1 is 1.11 bits per heavy atom. The molecule has 144 valence electrons. The van der Waals surface area contributed by atoms with E-state index in [2.05, 4.69) is 27.2 Å². The zero-order valence-electron chi connectivity index (χ0n) is 15.6. The Kier molecular flexibility index (Phi) is 4.49. The van der Waals surface area contributed by atoms with Crippen LogP contribution < -0.4 is 0 Å². The molecule has 1 aromatic carbocycles. The molecule has 0 aliphatic carbocycles. The fourth-order valence-electron chi connectivity index (χ4n) is 3.53. The van der Waals surface area contributed by atoms with Gasteiger partial charge < -0.3 is 0 Å². The second kappa shape index (κ2) is 6.70. The predicted octanol–water partition coefficient (Wildman–Crippen LogP) is 1.08. The molecule has 0 saturated carbocycles. The molecule has 1 aliphatic rings. The Hall–Kier alpha value is -2.30. The van der Waals surface area contributed by atoms with E-state index in [4.69, 9.17) is 4.63 Å². The van der Waals surface area contributed by atoms with Gasteiger partial charge in [-0.3, -0.25) is 9.58 Å². The van der Waals surface area contributed by atoms with Crippen LogP contribution in [0.5, 0.6) is 0 Å². The molecule has 0 amide bonds. The SMILES string of the molecule is Cc1nn(C)c(C)c1CN1CCN(S(=O)(=O)c2cccc3nonc23)CC1. The van der Waals surface area contributed by atoms with Crippen LogP contribution in [0.4, 0.5) is 0 Å². The normalized spacial score (nSPS) is 17.0. The maximum Gasteiger partial charge on any atom is 0.245 e. The van der Waals surface area contributed by atoms with E-state index in [0.29, 0.717) is 31.7 Å². The fraction of sp³-hybridized carbons (Fsp3) is 0.471. The molecule has 0 bridgehead atoms. The number of aromatic nitrogens is 4. The van der Waals surface area contributed by atoms with Crippen LogP contribution in [0.25, 0.3) is 11.0 Å². The van der Waals surface area contributed by atoms with Gasteiger partial charge in [-0.2, -0.15) is 9.40 Å². The summed E-state index contributed by atoms with van der Waals surface area (Å²) >= 11 is 0. The van der Waals surface area contributed by atoms with Gasteiger partial charge in [0.25, 0.3) is 0 Å². The molecule has 9 nitrogen and oxygen atoms in total. The molecule has 27 heavy (non-hydrogen) atoms. The standard InChI is InChI=1S/C17H22N6O3S/c1-12-14(13(2)21(3)18-12)11-22-7-9-23(10-8-22)27(24,25)16-6-4-5-15-17(16)20-26-19-15/h4-6H,7-11H2,1-3H3. The third-order valence-electron chi connectivity index (χ3n) is 5.24. The molecule has 10 heteroatoms. The van der Waals surface area contributed by atoms with Crippen molar-refractivity contribution < 1.29 is 13.0 Å². The van der Waals surface area contributed by atoms with Crippen LogP contribution in [-0.2, 0) is 23.6 Å². The van der Waals surface area contributed by atoms with E-state index in [0.717, 1.165) is 17.9 Å². The van der Waals surface area contributed by atoms with Gasteiger partial charge in [0, 0.05) is 51.0 Å². The highest BCUT2D eigenvalue weighted by Gasteiger charge is 2.31. The molecule has 0 unspecified atom stereocenters. The minimum atomic E-state index is -3.64. The number of fused-ring (bicyclic) bond motifs is 1. The maximum absolute atomic E-state index is 13.1. The molecule has 0 N–H and O–H groups in total. The molecule has 3 heterocycles. The average molecular weight is 390 g/mol. The summed E-state index contributed by atoms with van der Waals surface area (Å²) in [6, 6.07) is 4.89. The highest BCUT2D eigenvalue weighted by atomic mass is 32.2. The van der Waals surface area contributed by atoms with Gasteiger partial charge in [0.2, 0.25) is 10.0 Å². The number of aryl methyl sites for hydroxylation is 2. The first-order valence-electron chi connectivity index (χ1n) is 8.81. The first-order chi connectivity index (χ1) is 12.9. The molecule has 0 radical (unpaired) electrons. The Bertz CT molecular complexity index is 1080. The van der Waals surface area contributed by atoms with Crippen LogP contribution in [0.1, 0.15) is 17.0 Å². The van der Waals surface area contributed by atoms with Gasteiger partial charge in [-0.25, -0.2) is 13.0 Å². The lowest BCUT2D eigenvalue weighted by Crippen LogP contribution is -2.48.